The molecule has 7 heteroatoms. The van der Waals surface area contributed by atoms with Crippen LogP contribution in [-0.4, -0.2) is 11.3 Å². The van der Waals surface area contributed by atoms with Crippen molar-refractivity contribution in [3.63, 3.8) is 0 Å². The van der Waals surface area contributed by atoms with E-state index in [1.807, 2.05) is 22.8 Å². The summed E-state index contributed by atoms with van der Waals surface area (Å²) in [5.74, 6) is 2.96. The molecule has 0 bridgehead atoms. The minimum Gasteiger partial charge on any atom is -0.458 e. The number of benzene rings is 8. The number of para-hydroxylation sites is 1. The first-order chi connectivity index (χ1) is 32.6. The van der Waals surface area contributed by atoms with Crippen LogP contribution in [0, 0.1) is 11.3 Å². The normalized spacial score (nSPS) is 14.2. The molecule has 306 valence electrons. The smallest absolute Gasteiger partial charge is 0.262 e. The van der Waals surface area contributed by atoms with Crippen LogP contribution in [-0.2, 0) is 10.8 Å². The highest BCUT2D eigenvalue weighted by Crippen LogP contribution is 2.51. The van der Waals surface area contributed by atoms with E-state index in [0.717, 1.165) is 43.7 Å². The van der Waals surface area contributed by atoms with Gasteiger partial charge >= 0.3 is 0 Å². The third-order valence-electron chi connectivity index (χ3n) is 13.3. The molecule has 2 aliphatic heterocycles. The summed E-state index contributed by atoms with van der Waals surface area (Å²) >= 11 is 3.58. The fraction of sp³-hybridized carbons (Fsp3) is 0.140. The van der Waals surface area contributed by atoms with Crippen LogP contribution in [0.3, 0.4) is 0 Å². The average molecular weight is 865 g/mol. The number of thiophene rings is 2. The average Bonchev–Trinajstić information content (AvgIpc) is 4.01. The Labute approximate surface area is 385 Å². The van der Waals surface area contributed by atoms with Crippen molar-refractivity contribution in [3.05, 3.63) is 156 Å². The van der Waals surface area contributed by atoms with Crippen molar-refractivity contribution in [2.24, 2.45) is 0 Å². The highest BCUT2D eigenvalue weighted by molar-refractivity contribution is 7.30. The molecule has 0 atom stereocenters. The van der Waals surface area contributed by atoms with Gasteiger partial charge < -0.3 is 14.0 Å². The van der Waals surface area contributed by atoms with Crippen LogP contribution in [0.15, 0.2) is 139 Å². The van der Waals surface area contributed by atoms with E-state index in [4.69, 9.17) is 13.6 Å². The summed E-state index contributed by atoms with van der Waals surface area (Å²) in [6.07, 6.45) is 0. The summed E-state index contributed by atoms with van der Waals surface area (Å²) in [4.78, 5) is 0. The van der Waals surface area contributed by atoms with Crippen LogP contribution in [0.2, 0.25) is 0 Å². The number of nitriles is 1. The van der Waals surface area contributed by atoms with Gasteiger partial charge in [-0.05, 0) is 98.6 Å². The fourth-order valence-electron chi connectivity index (χ4n) is 10.1. The van der Waals surface area contributed by atoms with Gasteiger partial charge in [-0.15, -0.1) is 22.7 Å². The Bertz CT molecular complexity index is 4110. The van der Waals surface area contributed by atoms with E-state index in [9.17, 15) is 6.63 Å². The molecule has 0 N–H and O–H groups in total. The zero-order valence-electron chi connectivity index (χ0n) is 40.1. The summed E-state index contributed by atoms with van der Waals surface area (Å²) < 4.78 is 56.9. The highest BCUT2D eigenvalue weighted by atomic mass is 32.1. The van der Waals surface area contributed by atoms with Crippen molar-refractivity contribution in [1.82, 2.24) is 4.57 Å². The molecule has 0 radical (unpaired) electrons. The van der Waals surface area contributed by atoms with Crippen molar-refractivity contribution >= 4 is 108 Å². The minimum absolute atomic E-state index is 0.0984. The Morgan fingerprint density at radius 1 is 0.594 bits per heavy atom. The molecule has 0 unspecified atom stereocenters. The third-order valence-corrected chi connectivity index (χ3v) is 15.7. The number of hydrogen-bond donors (Lipinski definition) is 0. The molecule has 0 fully saturated rings. The number of rotatable bonds is 2. The first-order valence-electron chi connectivity index (χ1n) is 23.7. The number of ether oxygens (including phenoxy) is 2. The number of aromatic nitrogens is 1. The highest BCUT2D eigenvalue weighted by Gasteiger charge is 2.44. The van der Waals surface area contributed by atoms with Gasteiger partial charge in [0.25, 0.3) is 6.71 Å². The molecule has 8 aromatic carbocycles. The summed E-state index contributed by atoms with van der Waals surface area (Å²) in [5.41, 5.74) is 9.49. The lowest BCUT2D eigenvalue weighted by Crippen LogP contribution is -2.57. The van der Waals surface area contributed by atoms with Crippen LogP contribution in [0.25, 0.3) is 79.0 Å². The molecule has 0 saturated heterocycles. The van der Waals surface area contributed by atoms with Crippen LogP contribution in [0.5, 0.6) is 23.0 Å². The van der Waals surface area contributed by atoms with Crippen LogP contribution >= 0.6 is 22.7 Å². The van der Waals surface area contributed by atoms with E-state index in [-0.39, 0.29) is 41.7 Å². The van der Waals surface area contributed by atoms with E-state index in [0.29, 0.717) is 44.6 Å². The lowest BCUT2D eigenvalue weighted by Gasteiger charge is -2.34. The van der Waals surface area contributed by atoms with Gasteiger partial charge in [-0.1, -0.05) is 120 Å². The molecule has 11 aromatic rings. The van der Waals surface area contributed by atoms with Gasteiger partial charge in [-0.3, -0.25) is 0 Å². The second-order valence-electron chi connectivity index (χ2n) is 19.3. The lowest BCUT2D eigenvalue weighted by atomic mass is 9.34. The molecule has 3 aromatic heterocycles. The quantitative estimate of drug-likeness (QED) is 0.163. The topological polar surface area (TPSA) is 47.2 Å². The van der Waals surface area contributed by atoms with E-state index in [1.54, 1.807) is 34.8 Å². The SMILES string of the molecule is [2H]c1c([2H])c([2H])c2c(c1[2H])c1cc(C#N)ccc1n2-c1ccc2c(c1)Oc1cc(-c3cc(C(C)(C)C)cc(C(C)(C)C)c3)cc3c1B2c1c(c2sc4ccccc4c2c2c1sc1ccccc12)O3. The van der Waals surface area contributed by atoms with Gasteiger partial charge in [0.2, 0.25) is 0 Å². The predicted octanol–water partition coefficient (Wildman–Crippen LogP) is 14.4. The second kappa shape index (κ2) is 13.1. The van der Waals surface area contributed by atoms with Crippen LogP contribution in [0.1, 0.15) is 63.7 Å². The number of fused-ring (bicyclic) bond motifs is 16. The monoisotopic (exact) mass is 864 g/mol. The summed E-state index contributed by atoms with van der Waals surface area (Å²) in [5, 5.41) is 15.8. The molecule has 13 rings (SSSR count). The third kappa shape index (κ3) is 5.33. The Morgan fingerprint density at radius 2 is 1.23 bits per heavy atom. The molecule has 0 saturated carbocycles. The number of hydrogen-bond acceptors (Lipinski definition) is 5. The molecule has 0 amide bonds. The second-order valence-corrected chi connectivity index (χ2v) is 21.4. The Morgan fingerprint density at radius 3 is 1.94 bits per heavy atom. The molecule has 0 aliphatic carbocycles. The van der Waals surface area contributed by atoms with Crippen molar-refractivity contribution in [1.29, 1.82) is 5.26 Å². The number of nitrogens with zero attached hydrogens (tertiary/aromatic N) is 2. The van der Waals surface area contributed by atoms with Crippen molar-refractivity contribution < 1.29 is 15.0 Å². The molecule has 2 aliphatic rings. The first-order valence-corrected chi connectivity index (χ1v) is 23.3. The zero-order valence-corrected chi connectivity index (χ0v) is 37.7. The van der Waals surface area contributed by atoms with E-state index >= 15 is 0 Å². The molecule has 0 spiro atoms. The lowest BCUT2D eigenvalue weighted by molar-refractivity contribution is 0.468. The van der Waals surface area contributed by atoms with Crippen LogP contribution in [0.4, 0.5) is 0 Å². The Balaban J connectivity index is 1.13. The Hall–Kier alpha value is -6.85. The largest absolute Gasteiger partial charge is 0.458 e. The van der Waals surface area contributed by atoms with E-state index < -0.39 is 0 Å². The van der Waals surface area contributed by atoms with Gasteiger partial charge in [-0.25, -0.2) is 0 Å². The summed E-state index contributed by atoms with van der Waals surface area (Å²) in [6, 6.07) is 41.4. The molecular weight excluding hydrogens is 820 g/mol. The fourth-order valence-corrected chi connectivity index (χ4v) is 12.6. The van der Waals surface area contributed by atoms with E-state index in [1.165, 1.54) is 46.8 Å². The molecule has 64 heavy (non-hydrogen) atoms. The van der Waals surface area contributed by atoms with Crippen LogP contribution < -0.4 is 25.9 Å². The maximum Gasteiger partial charge on any atom is 0.262 e. The van der Waals surface area contributed by atoms with Crippen molar-refractivity contribution in [3.8, 4) is 45.9 Å². The first kappa shape index (κ1) is 33.7. The summed E-state index contributed by atoms with van der Waals surface area (Å²) in [7, 11) is 0. The van der Waals surface area contributed by atoms with Gasteiger partial charge in [0.05, 0.1) is 32.8 Å². The summed E-state index contributed by atoms with van der Waals surface area (Å²) in [6.45, 7) is 13.3. The van der Waals surface area contributed by atoms with Gasteiger partial charge in [0, 0.05) is 63.6 Å². The maximum absolute atomic E-state index is 9.93. The van der Waals surface area contributed by atoms with Gasteiger partial charge in [-0.2, -0.15) is 5.26 Å². The molecule has 4 nitrogen and oxygen atoms in total. The van der Waals surface area contributed by atoms with Crippen molar-refractivity contribution in [2.75, 3.05) is 0 Å². The molecule has 5 heterocycles. The van der Waals surface area contributed by atoms with Crippen molar-refractivity contribution in [2.45, 2.75) is 52.4 Å². The van der Waals surface area contributed by atoms with Gasteiger partial charge in [0.15, 0.2) is 0 Å². The molecular formula is C57H41BN2O2S2. The predicted molar refractivity (Wildman–Crippen MR) is 272 cm³/mol. The standard InChI is InChI=1S/C57H41BN2O2S2/c1-56(2,3)34-24-32(25-35(28-34)57(4,5)6)33-26-45-51-46(27-33)62-53-52(54-49(38-14-8-11-17-47(38)63-54)50-39-15-9-12-18-48(39)64-55(50)53)58(51)41-21-20-36(29-44(41)61-45)60-42-16-10-7-13-37(42)40-23-31(30-59)19-22-43(40)60/h7-29H,1-6H3/i7D,10D,13D,16D. The Kier molecular flexibility index (Phi) is 6.90. The van der Waals surface area contributed by atoms with Gasteiger partial charge in [0.1, 0.15) is 23.0 Å². The minimum atomic E-state index is -0.320. The maximum atomic E-state index is 9.93. The van der Waals surface area contributed by atoms with E-state index in [2.05, 4.69) is 133 Å². The zero-order chi connectivity index (χ0) is 46.9.